The quantitative estimate of drug-likeness (QED) is 0.795. The molecule has 120 valence electrons. The van der Waals surface area contributed by atoms with Crippen LogP contribution in [0.2, 0.25) is 0 Å². The van der Waals surface area contributed by atoms with Gasteiger partial charge in [-0.2, -0.15) is 0 Å². The summed E-state index contributed by atoms with van der Waals surface area (Å²) >= 11 is 0. The van der Waals surface area contributed by atoms with E-state index in [1.165, 1.54) is 20.0 Å². The number of esters is 1. The zero-order chi connectivity index (χ0) is 15.4. The van der Waals surface area contributed by atoms with E-state index in [0.717, 1.165) is 19.0 Å². The Morgan fingerprint density at radius 2 is 1.95 bits per heavy atom. The molecule has 6 nitrogen and oxygen atoms in total. The minimum absolute atomic E-state index is 0.0576. The third kappa shape index (κ3) is 4.09. The second-order valence-corrected chi connectivity index (χ2v) is 6.20. The minimum Gasteiger partial charge on any atom is -0.469 e. The number of nitrogens with zero attached hydrogens (tertiary/aromatic N) is 1. The van der Waals surface area contributed by atoms with Crippen molar-refractivity contribution < 1.29 is 19.1 Å². The maximum Gasteiger partial charge on any atom is 0.407 e. The van der Waals surface area contributed by atoms with Gasteiger partial charge in [-0.05, 0) is 32.1 Å². The highest BCUT2D eigenvalue weighted by Gasteiger charge is 2.39. The lowest BCUT2D eigenvalue weighted by atomic mass is 9.79. The molecule has 2 rings (SSSR count). The van der Waals surface area contributed by atoms with E-state index in [4.69, 9.17) is 9.47 Å². The first kappa shape index (κ1) is 16.1. The van der Waals surface area contributed by atoms with Gasteiger partial charge in [-0.25, -0.2) is 4.79 Å². The van der Waals surface area contributed by atoms with Crippen molar-refractivity contribution in [3.63, 3.8) is 0 Å². The van der Waals surface area contributed by atoms with Gasteiger partial charge in [0.1, 0.15) is 0 Å². The average Bonchev–Trinajstić information content (AvgIpc) is 2.42. The monoisotopic (exact) mass is 298 g/mol. The van der Waals surface area contributed by atoms with E-state index >= 15 is 0 Å². The van der Waals surface area contributed by atoms with Crippen molar-refractivity contribution >= 4 is 12.1 Å². The maximum atomic E-state index is 11.9. The van der Waals surface area contributed by atoms with Crippen molar-refractivity contribution in [2.75, 3.05) is 26.8 Å². The van der Waals surface area contributed by atoms with E-state index in [1.807, 2.05) is 0 Å². The molecule has 2 aliphatic rings. The topological polar surface area (TPSA) is 67.9 Å². The molecule has 0 spiro atoms. The number of piperidine rings is 1. The van der Waals surface area contributed by atoms with E-state index < -0.39 is 6.09 Å². The van der Waals surface area contributed by atoms with Crippen LogP contribution in [0.15, 0.2) is 0 Å². The lowest BCUT2D eigenvalue weighted by Crippen LogP contribution is -2.57. The molecule has 1 heterocycles. The molecule has 0 aromatic heterocycles. The molecule has 0 aromatic rings. The predicted molar refractivity (Wildman–Crippen MR) is 77.8 cm³/mol. The average molecular weight is 298 g/mol. The molecular formula is C15H26N2O4. The summed E-state index contributed by atoms with van der Waals surface area (Å²) in [6, 6.07) is 0.469. The highest BCUT2D eigenvalue weighted by atomic mass is 16.5. The molecule has 1 aliphatic heterocycles. The summed E-state index contributed by atoms with van der Waals surface area (Å²) < 4.78 is 9.82. The molecular weight excluding hydrogens is 272 g/mol. The van der Waals surface area contributed by atoms with Crippen LogP contribution in [0.1, 0.15) is 33.1 Å². The number of carbonyl (C=O) groups is 2. The fraction of sp³-hybridized carbons (Fsp3) is 0.867. The number of hydrogen-bond acceptors (Lipinski definition) is 5. The van der Waals surface area contributed by atoms with Crippen LogP contribution in [0, 0.1) is 11.8 Å². The van der Waals surface area contributed by atoms with E-state index in [9.17, 15) is 9.59 Å². The number of alkyl carbamates (subject to hydrolysis) is 1. The standard InChI is InChI=1S/C15H26N2O4/c1-4-21-15(19)16-12-7-11(14(18)20-3)8-17(9-12)13-5-10(2)6-13/h10-13H,4-9H2,1-3H3,(H,16,19). The zero-order valence-corrected chi connectivity index (χ0v) is 13.1. The second kappa shape index (κ2) is 7.11. The Hall–Kier alpha value is -1.30. The van der Waals surface area contributed by atoms with Crippen molar-refractivity contribution in [2.24, 2.45) is 11.8 Å². The molecule has 21 heavy (non-hydrogen) atoms. The summed E-state index contributed by atoms with van der Waals surface area (Å²) in [5.74, 6) is 0.388. The van der Waals surface area contributed by atoms with Crippen molar-refractivity contribution in [3.8, 4) is 0 Å². The summed E-state index contributed by atoms with van der Waals surface area (Å²) in [5, 5.41) is 2.86. The summed E-state index contributed by atoms with van der Waals surface area (Å²) in [5.41, 5.74) is 0. The maximum absolute atomic E-state index is 11.9. The number of hydrogen-bond donors (Lipinski definition) is 1. The van der Waals surface area contributed by atoms with Crippen molar-refractivity contribution in [1.29, 1.82) is 0 Å². The molecule has 2 atom stereocenters. The number of nitrogens with one attached hydrogen (secondary N) is 1. The summed E-state index contributed by atoms with van der Waals surface area (Å²) in [6.07, 6.45) is 2.54. The van der Waals surface area contributed by atoms with Crippen LogP contribution in [0.5, 0.6) is 0 Å². The third-order valence-electron chi connectivity index (χ3n) is 4.48. The zero-order valence-electron chi connectivity index (χ0n) is 13.1. The highest BCUT2D eigenvalue weighted by molar-refractivity contribution is 5.73. The van der Waals surface area contributed by atoms with Gasteiger partial charge in [0.2, 0.25) is 0 Å². The van der Waals surface area contributed by atoms with Crippen LogP contribution in [0.4, 0.5) is 4.79 Å². The van der Waals surface area contributed by atoms with Crippen LogP contribution in [-0.2, 0) is 14.3 Å². The van der Waals surface area contributed by atoms with Crippen molar-refractivity contribution in [2.45, 2.75) is 45.2 Å². The Bertz CT molecular complexity index is 382. The van der Waals surface area contributed by atoms with Crippen molar-refractivity contribution in [3.05, 3.63) is 0 Å². The lowest BCUT2D eigenvalue weighted by Gasteiger charge is -2.46. The largest absolute Gasteiger partial charge is 0.469 e. The fourth-order valence-corrected chi connectivity index (χ4v) is 3.37. The van der Waals surface area contributed by atoms with Crippen LogP contribution in [-0.4, -0.2) is 55.9 Å². The number of likely N-dealkylation sites (tertiary alicyclic amines) is 1. The first-order valence-corrected chi connectivity index (χ1v) is 7.78. The normalized spacial score (nSPS) is 32.9. The van der Waals surface area contributed by atoms with E-state index in [2.05, 4.69) is 17.1 Å². The highest BCUT2D eigenvalue weighted by Crippen LogP contribution is 2.34. The SMILES string of the molecule is CCOC(=O)NC1CC(C(=O)OC)CN(C2CC(C)C2)C1. The molecule has 1 saturated carbocycles. The number of ether oxygens (including phenoxy) is 2. The first-order valence-electron chi connectivity index (χ1n) is 7.78. The molecule has 1 aliphatic carbocycles. The molecule has 1 saturated heterocycles. The van der Waals surface area contributed by atoms with Gasteiger partial charge in [-0.15, -0.1) is 0 Å². The molecule has 0 bridgehead atoms. The van der Waals surface area contributed by atoms with Crippen LogP contribution in [0.3, 0.4) is 0 Å². The van der Waals surface area contributed by atoms with Crippen molar-refractivity contribution in [1.82, 2.24) is 10.2 Å². The Kier molecular flexibility index (Phi) is 5.45. The van der Waals surface area contributed by atoms with Gasteiger partial charge >= 0.3 is 12.1 Å². The fourth-order valence-electron chi connectivity index (χ4n) is 3.37. The molecule has 2 fully saturated rings. The smallest absolute Gasteiger partial charge is 0.407 e. The van der Waals surface area contributed by atoms with Gasteiger partial charge in [-0.1, -0.05) is 6.92 Å². The number of amides is 1. The summed E-state index contributed by atoms with van der Waals surface area (Å²) in [4.78, 5) is 25.8. The van der Waals surface area contributed by atoms with Crippen LogP contribution >= 0.6 is 0 Å². The number of rotatable bonds is 4. The van der Waals surface area contributed by atoms with E-state index in [1.54, 1.807) is 6.92 Å². The predicted octanol–water partition coefficient (Wildman–Crippen LogP) is 1.39. The van der Waals surface area contributed by atoms with Crippen LogP contribution in [0.25, 0.3) is 0 Å². The first-order chi connectivity index (χ1) is 10.0. The molecule has 0 aromatic carbocycles. The van der Waals surface area contributed by atoms with Gasteiger partial charge in [0, 0.05) is 25.2 Å². The molecule has 1 N–H and O–H groups in total. The van der Waals surface area contributed by atoms with Gasteiger partial charge in [-0.3, -0.25) is 9.69 Å². The summed E-state index contributed by atoms with van der Waals surface area (Å²) in [6.45, 7) is 5.88. The number of carbonyl (C=O) groups excluding carboxylic acids is 2. The van der Waals surface area contributed by atoms with Gasteiger partial charge in [0.05, 0.1) is 19.6 Å². The third-order valence-corrected chi connectivity index (χ3v) is 4.48. The molecule has 2 unspecified atom stereocenters. The Morgan fingerprint density at radius 1 is 1.24 bits per heavy atom. The Labute approximate surface area is 126 Å². The minimum atomic E-state index is -0.407. The molecule has 1 amide bonds. The Morgan fingerprint density at radius 3 is 2.52 bits per heavy atom. The molecule has 0 radical (unpaired) electrons. The number of methoxy groups -OCH3 is 1. The van der Waals surface area contributed by atoms with Gasteiger partial charge in [0.25, 0.3) is 0 Å². The Balaban J connectivity index is 1.96. The van der Waals surface area contributed by atoms with E-state index in [0.29, 0.717) is 19.1 Å². The van der Waals surface area contributed by atoms with Gasteiger partial charge in [0.15, 0.2) is 0 Å². The molecule has 6 heteroatoms. The second-order valence-electron chi connectivity index (χ2n) is 6.20. The lowest BCUT2D eigenvalue weighted by molar-refractivity contribution is -0.148. The van der Waals surface area contributed by atoms with Gasteiger partial charge < -0.3 is 14.8 Å². The van der Waals surface area contributed by atoms with E-state index in [-0.39, 0.29) is 17.9 Å². The summed E-state index contributed by atoms with van der Waals surface area (Å²) in [7, 11) is 1.42. The van der Waals surface area contributed by atoms with Crippen LogP contribution < -0.4 is 5.32 Å².